The Morgan fingerprint density at radius 2 is 1.82 bits per heavy atom. The summed E-state index contributed by atoms with van der Waals surface area (Å²) in [7, 11) is 1.52. The fourth-order valence-corrected chi connectivity index (χ4v) is 4.09. The molecule has 2 rings (SSSR count). The van der Waals surface area contributed by atoms with Crippen LogP contribution in [-0.4, -0.2) is 23.8 Å². The Balaban J connectivity index is 2.81. The predicted molar refractivity (Wildman–Crippen MR) is 112 cm³/mol. The molecule has 28 heavy (non-hydrogen) atoms. The van der Waals surface area contributed by atoms with Crippen molar-refractivity contribution in [1.82, 2.24) is 0 Å². The molecule has 0 aromatic heterocycles. The molecule has 1 atom stereocenters. The molecule has 1 aliphatic rings. The normalized spacial score (nSPS) is 21.7. The van der Waals surface area contributed by atoms with Gasteiger partial charge in [-0.1, -0.05) is 63.1 Å². The second-order valence-electron chi connectivity index (χ2n) is 7.17. The number of aliphatic hydroxyl groups excluding tert-OH is 1. The summed E-state index contributed by atoms with van der Waals surface area (Å²) in [6.45, 7) is 7.78. The number of carbonyl (C=O) groups excluding carboxylic acids is 2. The van der Waals surface area contributed by atoms with Crippen molar-refractivity contribution in [3.8, 4) is 0 Å². The second kappa shape index (κ2) is 9.54. The quantitative estimate of drug-likeness (QED) is 0.263. The summed E-state index contributed by atoms with van der Waals surface area (Å²) >= 11 is 0. The van der Waals surface area contributed by atoms with Gasteiger partial charge in [-0.2, -0.15) is 0 Å². The van der Waals surface area contributed by atoms with E-state index in [1.54, 1.807) is 30.3 Å². The number of carbonyl (C=O) groups is 2. The van der Waals surface area contributed by atoms with Crippen LogP contribution in [0.5, 0.6) is 0 Å². The molecule has 0 saturated carbocycles. The van der Waals surface area contributed by atoms with E-state index in [0.29, 0.717) is 42.6 Å². The monoisotopic (exact) mass is 382 g/mol. The van der Waals surface area contributed by atoms with Gasteiger partial charge in [-0.25, -0.2) is 0 Å². The number of rotatable bonds is 9. The lowest BCUT2D eigenvalue weighted by atomic mass is 9.65. The Bertz CT molecular complexity index is 801. The zero-order valence-electron chi connectivity index (χ0n) is 17.1. The fraction of sp³-hybridized carbons (Fsp3) is 0.417. The molecule has 4 nitrogen and oxygen atoms in total. The minimum Gasteiger partial charge on any atom is -0.506 e. The first-order valence-corrected chi connectivity index (χ1v) is 9.95. The van der Waals surface area contributed by atoms with Gasteiger partial charge in [0.1, 0.15) is 17.1 Å². The van der Waals surface area contributed by atoms with E-state index in [-0.39, 0.29) is 17.1 Å². The number of aliphatic hydroxyl groups is 1. The number of ether oxygens (including phenoxy) is 1. The smallest absolute Gasteiger partial charge is 0.199 e. The van der Waals surface area contributed by atoms with Crippen molar-refractivity contribution in [3.05, 3.63) is 65.5 Å². The topological polar surface area (TPSA) is 63.6 Å². The van der Waals surface area contributed by atoms with Crippen LogP contribution in [0.4, 0.5) is 0 Å². The highest BCUT2D eigenvalue weighted by Crippen LogP contribution is 2.48. The van der Waals surface area contributed by atoms with Crippen LogP contribution in [-0.2, 0) is 14.3 Å². The number of ketones is 2. The molecule has 0 radical (unpaired) electrons. The van der Waals surface area contributed by atoms with Crippen LogP contribution in [0.3, 0.4) is 0 Å². The molecule has 0 amide bonds. The third-order valence-corrected chi connectivity index (χ3v) is 5.31. The number of hydrogen-bond donors (Lipinski definition) is 1. The fourth-order valence-electron chi connectivity index (χ4n) is 4.09. The molecule has 0 aliphatic heterocycles. The van der Waals surface area contributed by atoms with Gasteiger partial charge in [0.05, 0.1) is 12.5 Å². The summed E-state index contributed by atoms with van der Waals surface area (Å²) in [4.78, 5) is 27.0. The van der Waals surface area contributed by atoms with Gasteiger partial charge < -0.3 is 9.84 Å². The molecular weight excluding hydrogens is 352 g/mol. The lowest BCUT2D eigenvalue weighted by Crippen LogP contribution is -2.43. The standard InChI is InChI=1S/C24H30O4/c1-5-8-16-24(15-7-3)22(27)19(20(25)17-13-10-9-11-14-17)21(26)18(12-6-2)23(24)28-4/h5,9-11,13-14,25H,1,6-8,12,15-16H2,2-4H3. The van der Waals surface area contributed by atoms with E-state index in [1.165, 1.54) is 7.11 Å². The lowest BCUT2D eigenvalue weighted by Gasteiger charge is -2.39. The highest BCUT2D eigenvalue weighted by Gasteiger charge is 2.51. The summed E-state index contributed by atoms with van der Waals surface area (Å²) in [5.74, 6) is -0.550. The second-order valence-corrected chi connectivity index (χ2v) is 7.17. The Labute approximate surface area is 167 Å². The van der Waals surface area contributed by atoms with E-state index in [0.717, 1.165) is 12.8 Å². The lowest BCUT2D eigenvalue weighted by molar-refractivity contribution is -0.129. The summed E-state index contributed by atoms with van der Waals surface area (Å²) in [6, 6.07) is 8.75. The third-order valence-electron chi connectivity index (χ3n) is 5.31. The molecule has 1 aliphatic carbocycles. The molecule has 150 valence electrons. The van der Waals surface area contributed by atoms with Crippen molar-refractivity contribution in [2.75, 3.05) is 7.11 Å². The van der Waals surface area contributed by atoms with Crippen molar-refractivity contribution in [2.24, 2.45) is 5.41 Å². The van der Waals surface area contributed by atoms with Crippen LogP contribution < -0.4 is 0 Å². The van der Waals surface area contributed by atoms with Gasteiger partial charge in [0.25, 0.3) is 0 Å². The average molecular weight is 383 g/mol. The Kier molecular flexibility index (Phi) is 7.38. The number of benzene rings is 1. The predicted octanol–water partition coefficient (Wildman–Crippen LogP) is 5.56. The van der Waals surface area contributed by atoms with Crippen molar-refractivity contribution in [2.45, 2.75) is 52.4 Å². The molecule has 0 bridgehead atoms. The minimum atomic E-state index is -0.950. The van der Waals surface area contributed by atoms with Crippen molar-refractivity contribution in [3.63, 3.8) is 0 Å². The summed E-state index contributed by atoms with van der Waals surface area (Å²) < 4.78 is 5.70. The zero-order valence-corrected chi connectivity index (χ0v) is 17.1. The maximum atomic E-state index is 13.7. The van der Waals surface area contributed by atoms with Gasteiger partial charge in [-0.3, -0.25) is 9.59 Å². The maximum absolute atomic E-state index is 13.7. The molecule has 0 saturated heterocycles. The summed E-state index contributed by atoms with van der Waals surface area (Å²) in [5.41, 5.74) is -0.105. The molecule has 0 heterocycles. The molecule has 4 heteroatoms. The van der Waals surface area contributed by atoms with E-state index in [9.17, 15) is 14.7 Å². The van der Waals surface area contributed by atoms with E-state index >= 15 is 0 Å². The Morgan fingerprint density at radius 1 is 1.14 bits per heavy atom. The molecular formula is C24H30O4. The minimum absolute atomic E-state index is 0.118. The van der Waals surface area contributed by atoms with Gasteiger partial charge in [-0.05, 0) is 25.7 Å². The van der Waals surface area contributed by atoms with Crippen LogP contribution in [0.25, 0.3) is 5.76 Å². The van der Waals surface area contributed by atoms with Crippen molar-refractivity contribution in [1.29, 1.82) is 0 Å². The number of allylic oxidation sites excluding steroid dienone is 4. The van der Waals surface area contributed by atoms with Crippen LogP contribution in [0.15, 0.2) is 59.9 Å². The average Bonchev–Trinajstić information content (AvgIpc) is 2.71. The SMILES string of the molecule is C=CCCC1(CCC)C(=O)C(=C(O)c2ccccc2)C(=O)C(CCC)=C1OC. The van der Waals surface area contributed by atoms with Crippen LogP contribution >= 0.6 is 0 Å². The van der Waals surface area contributed by atoms with Crippen molar-refractivity contribution >= 4 is 17.3 Å². The molecule has 1 aromatic rings. The van der Waals surface area contributed by atoms with Gasteiger partial charge >= 0.3 is 0 Å². The molecule has 0 fully saturated rings. The summed E-state index contributed by atoms with van der Waals surface area (Å²) in [5, 5.41) is 10.9. The van der Waals surface area contributed by atoms with E-state index in [2.05, 4.69) is 6.58 Å². The zero-order chi connectivity index (χ0) is 20.7. The number of Topliss-reactive ketones (excluding diaryl/α,β-unsaturated/α-hetero) is 2. The van der Waals surface area contributed by atoms with E-state index in [4.69, 9.17) is 4.74 Å². The molecule has 1 unspecified atom stereocenters. The van der Waals surface area contributed by atoms with Gasteiger partial charge in [-0.15, -0.1) is 6.58 Å². The number of methoxy groups -OCH3 is 1. The third kappa shape index (κ3) is 3.82. The van der Waals surface area contributed by atoms with Crippen LogP contribution in [0.2, 0.25) is 0 Å². The van der Waals surface area contributed by atoms with E-state index < -0.39 is 11.2 Å². The largest absolute Gasteiger partial charge is 0.506 e. The molecule has 0 spiro atoms. The number of hydrogen-bond acceptors (Lipinski definition) is 4. The van der Waals surface area contributed by atoms with E-state index in [1.807, 2.05) is 19.9 Å². The van der Waals surface area contributed by atoms with Crippen molar-refractivity contribution < 1.29 is 19.4 Å². The van der Waals surface area contributed by atoms with Gasteiger partial charge in [0, 0.05) is 11.1 Å². The maximum Gasteiger partial charge on any atom is 0.199 e. The highest BCUT2D eigenvalue weighted by atomic mass is 16.5. The van der Waals surface area contributed by atoms with Gasteiger partial charge in [0.2, 0.25) is 0 Å². The van der Waals surface area contributed by atoms with Crippen LogP contribution in [0, 0.1) is 5.41 Å². The highest BCUT2D eigenvalue weighted by molar-refractivity contribution is 6.33. The Morgan fingerprint density at radius 3 is 2.36 bits per heavy atom. The first-order valence-electron chi connectivity index (χ1n) is 9.95. The first kappa shape index (κ1) is 21.7. The molecule has 1 N–H and O–H groups in total. The Hall–Kier alpha value is -2.62. The van der Waals surface area contributed by atoms with Crippen LogP contribution in [0.1, 0.15) is 57.9 Å². The van der Waals surface area contributed by atoms with Gasteiger partial charge in [0.15, 0.2) is 11.6 Å². The molecule has 1 aromatic carbocycles. The summed E-state index contributed by atoms with van der Waals surface area (Å²) in [6.07, 6.45) is 5.43. The first-order chi connectivity index (χ1) is 13.5.